The van der Waals surface area contributed by atoms with Crippen molar-refractivity contribution in [2.24, 2.45) is 0 Å². The van der Waals surface area contributed by atoms with Crippen LogP contribution in [0.2, 0.25) is 0 Å². The molecule has 30 heavy (non-hydrogen) atoms. The number of nitro benzene ring substituents is 1. The molecular formula is C18H12FN7O4. The standard InChI is InChI=1S/C18H12FN7O4/c19-11-2-1-3-14(8-11)25-17-16(22-23-25)18(28)24(10-20-17)9-15(27)21-12-4-6-13(7-5-12)26(29)30/h1-8,10H,9H2,(H,21,27). The molecule has 0 aliphatic rings. The molecule has 0 saturated carbocycles. The molecule has 0 aliphatic heterocycles. The number of anilines is 1. The predicted octanol–water partition coefficient (Wildman–Crippen LogP) is 1.66. The molecule has 12 heteroatoms. The van der Waals surface area contributed by atoms with Crippen LogP contribution in [0.3, 0.4) is 0 Å². The van der Waals surface area contributed by atoms with Crippen molar-refractivity contribution in [3.63, 3.8) is 0 Å². The second-order valence-electron chi connectivity index (χ2n) is 6.18. The molecule has 2 aromatic carbocycles. The van der Waals surface area contributed by atoms with E-state index in [0.29, 0.717) is 11.4 Å². The van der Waals surface area contributed by atoms with Gasteiger partial charge in [-0.1, -0.05) is 11.3 Å². The van der Waals surface area contributed by atoms with Crippen LogP contribution in [0.15, 0.2) is 59.7 Å². The average molecular weight is 409 g/mol. The highest BCUT2D eigenvalue weighted by atomic mass is 19.1. The van der Waals surface area contributed by atoms with Gasteiger partial charge < -0.3 is 5.32 Å². The Balaban J connectivity index is 1.56. The summed E-state index contributed by atoms with van der Waals surface area (Å²) in [4.78, 5) is 39.1. The monoisotopic (exact) mass is 409 g/mol. The molecule has 4 rings (SSSR count). The van der Waals surface area contributed by atoms with Gasteiger partial charge in [-0.25, -0.2) is 9.37 Å². The fraction of sp³-hybridized carbons (Fsp3) is 0.0556. The van der Waals surface area contributed by atoms with Gasteiger partial charge in [0.15, 0.2) is 11.2 Å². The van der Waals surface area contributed by atoms with E-state index in [1.165, 1.54) is 53.5 Å². The van der Waals surface area contributed by atoms with Gasteiger partial charge in [-0.05, 0) is 30.3 Å². The van der Waals surface area contributed by atoms with E-state index in [9.17, 15) is 24.1 Å². The maximum atomic E-state index is 13.5. The van der Waals surface area contributed by atoms with Crippen molar-refractivity contribution in [3.05, 3.63) is 81.1 Å². The second kappa shape index (κ2) is 7.50. The molecule has 1 amide bonds. The quantitative estimate of drug-likeness (QED) is 0.391. The van der Waals surface area contributed by atoms with E-state index in [1.807, 2.05) is 0 Å². The summed E-state index contributed by atoms with van der Waals surface area (Å²) < 4.78 is 15.7. The molecule has 1 N–H and O–H groups in total. The number of nitrogens with one attached hydrogen (secondary N) is 1. The molecule has 0 atom stereocenters. The number of rotatable bonds is 5. The van der Waals surface area contributed by atoms with Gasteiger partial charge in [0.1, 0.15) is 18.7 Å². The van der Waals surface area contributed by atoms with E-state index >= 15 is 0 Å². The summed E-state index contributed by atoms with van der Waals surface area (Å²) >= 11 is 0. The number of amides is 1. The van der Waals surface area contributed by atoms with Crippen molar-refractivity contribution in [2.75, 3.05) is 5.32 Å². The Bertz CT molecular complexity index is 1330. The third kappa shape index (κ3) is 3.61. The average Bonchev–Trinajstić information content (AvgIpc) is 3.15. The van der Waals surface area contributed by atoms with Crippen LogP contribution >= 0.6 is 0 Å². The van der Waals surface area contributed by atoms with Gasteiger partial charge in [0.25, 0.3) is 11.2 Å². The summed E-state index contributed by atoms with van der Waals surface area (Å²) in [7, 11) is 0. The molecule has 0 radical (unpaired) electrons. The van der Waals surface area contributed by atoms with Crippen LogP contribution in [0.5, 0.6) is 0 Å². The first-order valence-corrected chi connectivity index (χ1v) is 8.53. The third-order valence-electron chi connectivity index (χ3n) is 4.16. The topological polar surface area (TPSA) is 138 Å². The zero-order chi connectivity index (χ0) is 21.3. The lowest BCUT2D eigenvalue weighted by Gasteiger charge is -2.07. The lowest BCUT2D eigenvalue weighted by atomic mass is 10.3. The van der Waals surface area contributed by atoms with E-state index in [4.69, 9.17) is 0 Å². The van der Waals surface area contributed by atoms with Crippen LogP contribution in [-0.2, 0) is 11.3 Å². The van der Waals surface area contributed by atoms with Crippen LogP contribution in [0.1, 0.15) is 0 Å². The van der Waals surface area contributed by atoms with Gasteiger partial charge >= 0.3 is 0 Å². The molecule has 0 fully saturated rings. The fourth-order valence-corrected chi connectivity index (χ4v) is 2.76. The first-order chi connectivity index (χ1) is 14.4. The molecule has 0 saturated heterocycles. The number of nitrogens with zero attached hydrogens (tertiary/aromatic N) is 6. The molecule has 4 aromatic rings. The maximum absolute atomic E-state index is 13.5. The van der Waals surface area contributed by atoms with Gasteiger partial charge in [-0.3, -0.25) is 24.3 Å². The zero-order valence-corrected chi connectivity index (χ0v) is 15.1. The minimum atomic E-state index is -0.596. The number of carbonyl (C=O) groups excluding carboxylic acids is 1. The molecule has 150 valence electrons. The van der Waals surface area contributed by atoms with Crippen molar-refractivity contribution in [3.8, 4) is 5.69 Å². The van der Waals surface area contributed by atoms with E-state index in [0.717, 1.165) is 4.57 Å². The normalized spacial score (nSPS) is 10.8. The predicted molar refractivity (Wildman–Crippen MR) is 103 cm³/mol. The number of fused-ring (bicyclic) bond motifs is 1. The molecule has 2 aromatic heterocycles. The highest BCUT2D eigenvalue weighted by Crippen LogP contribution is 2.16. The molecule has 11 nitrogen and oxygen atoms in total. The van der Waals surface area contributed by atoms with Crippen LogP contribution in [0, 0.1) is 15.9 Å². The second-order valence-corrected chi connectivity index (χ2v) is 6.18. The summed E-state index contributed by atoms with van der Waals surface area (Å²) in [5.41, 5.74) is 0.0204. The molecule has 0 unspecified atom stereocenters. The number of non-ortho nitro benzene ring substituents is 1. The Kier molecular flexibility index (Phi) is 4.72. The largest absolute Gasteiger partial charge is 0.325 e. The van der Waals surface area contributed by atoms with Crippen molar-refractivity contribution < 1.29 is 14.1 Å². The number of nitro groups is 1. The molecule has 0 spiro atoms. The minimum absolute atomic E-state index is 0.0788. The van der Waals surface area contributed by atoms with E-state index in [-0.39, 0.29) is 23.4 Å². The summed E-state index contributed by atoms with van der Waals surface area (Å²) in [5, 5.41) is 20.9. The molecular weight excluding hydrogens is 397 g/mol. The Morgan fingerprint density at radius 3 is 2.67 bits per heavy atom. The van der Waals surface area contributed by atoms with Crippen molar-refractivity contribution in [1.82, 2.24) is 24.5 Å². The van der Waals surface area contributed by atoms with Gasteiger partial charge in [0.2, 0.25) is 5.91 Å². The van der Waals surface area contributed by atoms with Crippen molar-refractivity contribution >= 4 is 28.4 Å². The Morgan fingerprint density at radius 2 is 1.97 bits per heavy atom. The lowest BCUT2D eigenvalue weighted by molar-refractivity contribution is -0.384. The van der Waals surface area contributed by atoms with Crippen LogP contribution < -0.4 is 10.9 Å². The Morgan fingerprint density at radius 1 is 1.20 bits per heavy atom. The first kappa shape index (κ1) is 18.9. The van der Waals surface area contributed by atoms with Crippen LogP contribution in [-0.4, -0.2) is 35.4 Å². The highest BCUT2D eigenvalue weighted by Gasteiger charge is 2.15. The van der Waals surface area contributed by atoms with E-state index < -0.39 is 22.2 Å². The fourth-order valence-electron chi connectivity index (χ4n) is 2.76. The summed E-state index contributed by atoms with van der Waals surface area (Å²) in [6.45, 7) is -0.356. The summed E-state index contributed by atoms with van der Waals surface area (Å²) in [5.74, 6) is -1.02. The van der Waals surface area contributed by atoms with Crippen LogP contribution in [0.25, 0.3) is 16.9 Å². The molecule has 2 heterocycles. The number of halogens is 1. The number of aromatic nitrogens is 5. The van der Waals surface area contributed by atoms with E-state index in [2.05, 4.69) is 20.6 Å². The Labute approximate surface area is 166 Å². The van der Waals surface area contributed by atoms with Crippen molar-refractivity contribution in [2.45, 2.75) is 6.54 Å². The summed E-state index contributed by atoms with van der Waals surface area (Å²) in [6.07, 6.45) is 1.17. The number of carbonyl (C=O) groups is 1. The number of hydrogen-bond donors (Lipinski definition) is 1. The van der Waals surface area contributed by atoms with Gasteiger partial charge in [0, 0.05) is 17.8 Å². The summed E-state index contributed by atoms with van der Waals surface area (Å²) in [6, 6.07) is 10.8. The minimum Gasteiger partial charge on any atom is -0.325 e. The SMILES string of the molecule is O=C(Cn1cnc2c(nnn2-c2cccc(F)c2)c1=O)Nc1ccc([N+](=O)[O-])cc1. The van der Waals surface area contributed by atoms with E-state index in [1.54, 1.807) is 6.07 Å². The van der Waals surface area contributed by atoms with Crippen LogP contribution in [0.4, 0.5) is 15.8 Å². The Hall–Kier alpha value is -4.48. The number of hydrogen-bond acceptors (Lipinski definition) is 7. The van der Waals surface area contributed by atoms with Gasteiger partial charge in [-0.15, -0.1) is 5.10 Å². The van der Waals surface area contributed by atoms with Gasteiger partial charge in [0.05, 0.1) is 10.6 Å². The maximum Gasteiger partial charge on any atom is 0.284 e. The first-order valence-electron chi connectivity index (χ1n) is 8.53. The molecule has 0 bridgehead atoms. The van der Waals surface area contributed by atoms with Crippen molar-refractivity contribution in [1.29, 1.82) is 0 Å². The molecule has 0 aliphatic carbocycles. The zero-order valence-electron chi connectivity index (χ0n) is 15.1. The van der Waals surface area contributed by atoms with Gasteiger partial charge in [-0.2, -0.15) is 4.68 Å². The number of benzene rings is 2. The highest BCUT2D eigenvalue weighted by molar-refractivity contribution is 5.90. The smallest absolute Gasteiger partial charge is 0.284 e. The third-order valence-corrected chi connectivity index (χ3v) is 4.16. The lowest BCUT2D eigenvalue weighted by Crippen LogP contribution is -2.28.